The normalized spacial score (nSPS) is 14.3. The summed E-state index contributed by atoms with van der Waals surface area (Å²) in [4.78, 5) is 28.8. The van der Waals surface area contributed by atoms with Crippen LogP contribution in [0.15, 0.2) is 42.5 Å². The Morgan fingerprint density at radius 1 is 1.09 bits per heavy atom. The first-order valence-corrected chi connectivity index (χ1v) is 12.2. The number of carbonyl (C=O) groups is 2. The molecular weight excluding hydrogens is 449 g/mol. The second kappa shape index (κ2) is 11.8. The number of nitrogens with one attached hydrogen (secondary N) is 2. The Bertz CT molecular complexity index is 1140. The van der Waals surface area contributed by atoms with Crippen LogP contribution >= 0.6 is 0 Å². The van der Waals surface area contributed by atoms with Crippen molar-refractivity contribution in [3.63, 3.8) is 0 Å². The van der Waals surface area contributed by atoms with Crippen LogP contribution in [-0.4, -0.2) is 66.2 Å². The number of ketones is 1. The smallest absolute Gasteiger partial charge is 0.410 e. The van der Waals surface area contributed by atoms with Crippen LogP contribution in [0.4, 0.5) is 15.0 Å². The van der Waals surface area contributed by atoms with Gasteiger partial charge in [0.05, 0.1) is 5.52 Å². The van der Waals surface area contributed by atoms with Gasteiger partial charge in [0.15, 0.2) is 11.6 Å². The minimum atomic E-state index is -0.451. The topological polar surface area (TPSA) is 90.6 Å². The molecule has 2 N–H and O–H groups in total. The molecule has 1 aromatic heterocycles. The zero-order valence-corrected chi connectivity index (χ0v) is 20.1. The number of nitrogens with zero attached hydrogens (tertiary/aromatic N) is 3. The van der Waals surface area contributed by atoms with Crippen molar-refractivity contribution >= 4 is 28.6 Å². The highest BCUT2D eigenvalue weighted by atomic mass is 19.1. The molecular formula is C26H32FN5O3. The van der Waals surface area contributed by atoms with Crippen LogP contribution in [0.3, 0.4) is 0 Å². The minimum Gasteiger partial charge on any atom is -0.410 e. The van der Waals surface area contributed by atoms with E-state index >= 15 is 0 Å². The molecule has 8 nitrogen and oxygen atoms in total. The number of aromatic amines is 1. The molecule has 0 radical (unpaired) electrons. The number of anilines is 1. The van der Waals surface area contributed by atoms with Crippen molar-refractivity contribution < 1.29 is 18.7 Å². The van der Waals surface area contributed by atoms with Gasteiger partial charge in [0, 0.05) is 56.2 Å². The van der Waals surface area contributed by atoms with Crippen molar-refractivity contribution in [2.45, 2.75) is 32.6 Å². The number of hydrogen-bond donors (Lipinski definition) is 2. The number of benzene rings is 2. The van der Waals surface area contributed by atoms with Crippen molar-refractivity contribution in [2.24, 2.45) is 0 Å². The molecule has 1 aliphatic heterocycles. The monoisotopic (exact) mass is 481 g/mol. The zero-order valence-electron chi connectivity index (χ0n) is 20.1. The Hall–Kier alpha value is -3.46. The molecule has 4 rings (SSSR count). The molecule has 0 aliphatic carbocycles. The number of fused-ring (bicyclic) bond motifs is 1. The number of ether oxygens (including phenoxy) is 1. The third-order valence-corrected chi connectivity index (χ3v) is 6.24. The summed E-state index contributed by atoms with van der Waals surface area (Å²) < 4.78 is 18.4. The van der Waals surface area contributed by atoms with Crippen molar-refractivity contribution in [1.82, 2.24) is 20.4 Å². The van der Waals surface area contributed by atoms with E-state index in [4.69, 9.17) is 4.74 Å². The molecule has 35 heavy (non-hydrogen) atoms. The van der Waals surface area contributed by atoms with Crippen LogP contribution in [0, 0.1) is 5.82 Å². The highest BCUT2D eigenvalue weighted by Crippen LogP contribution is 2.28. The fourth-order valence-electron chi connectivity index (χ4n) is 4.23. The molecule has 1 fully saturated rings. The lowest BCUT2D eigenvalue weighted by atomic mass is 10.1. The Kier molecular flexibility index (Phi) is 8.31. The van der Waals surface area contributed by atoms with Crippen LogP contribution in [0.1, 0.15) is 43.0 Å². The summed E-state index contributed by atoms with van der Waals surface area (Å²) in [5.41, 5.74) is 1.38. The maximum absolute atomic E-state index is 13.0. The Balaban J connectivity index is 1.24. The van der Waals surface area contributed by atoms with Gasteiger partial charge in [-0.05, 0) is 55.8 Å². The summed E-state index contributed by atoms with van der Waals surface area (Å²) in [6.45, 7) is 6.96. The number of unbranched alkanes of at least 4 members (excludes halogenated alkanes) is 1. The number of aromatic nitrogens is 2. The lowest BCUT2D eigenvalue weighted by Gasteiger charge is -2.35. The number of piperazine rings is 1. The molecule has 0 spiro atoms. The number of amides is 1. The van der Waals surface area contributed by atoms with Crippen LogP contribution in [0.5, 0.6) is 5.75 Å². The van der Waals surface area contributed by atoms with E-state index < -0.39 is 6.09 Å². The van der Waals surface area contributed by atoms with Crippen LogP contribution in [0.2, 0.25) is 0 Å². The lowest BCUT2D eigenvalue weighted by Crippen LogP contribution is -2.46. The minimum absolute atomic E-state index is 0.0495. The Morgan fingerprint density at radius 3 is 2.60 bits per heavy atom. The summed E-state index contributed by atoms with van der Waals surface area (Å²) in [6.07, 6.45) is 2.70. The first-order chi connectivity index (χ1) is 17.0. The van der Waals surface area contributed by atoms with Gasteiger partial charge < -0.3 is 15.0 Å². The summed E-state index contributed by atoms with van der Waals surface area (Å²) in [6, 6.07) is 11.2. The predicted molar refractivity (Wildman–Crippen MR) is 134 cm³/mol. The van der Waals surface area contributed by atoms with E-state index in [-0.39, 0.29) is 11.6 Å². The molecule has 1 saturated heterocycles. The van der Waals surface area contributed by atoms with E-state index in [1.807, 2.05) is 6.07 Å². The van der Waals surface area contributed by atoms with E-state index in [2.05, 4.69) is 32.2 Å². The van der Waals surface area contributed by atoms with Gasteiger partial charge in [-0.25, -0.2) is 9.18 Å². The van der Waals surface area contributed by atoms with E-state index in [1.54, 1.807) is 24.3 Å². The van der Waals surface area contributed by atoms with E-state index in [9.17, 15) is 14.0 Å². The summed E-state index contributed by atoms with van der Waals surface area (Å²) >= 11 is 0. The zero-order chi connectivity index (χ0) is 24.6. The maximum Gasteiger partial charge on any atom is 0.412 e. The highest BCUT2D eigenvalue weighted by molar-refractivity contribution is 5.96. The first-order valence-electron chi connectivity index (χ1n) is 12.2. The second-order valence-electron chi connectivity index (χ2n) is 8.79. The fraction of sp³-hybridized carbons (Fsp3) is 0.423. The summed E-state index contributed by atoms with van der Waals surface area (Å²) in [5.74, 6) is 1.09. The third-order valence-electron chi connectivity index (χ3n) is 6.24. The molecule has 3 aromatic rings. The summed E-state index contributed by atoms with van der Waals surface area (Å²) in [7, 11) is 0. The number of halogens is 1. The van der Waals surface area contributed by atoms with Gasteiger partial charge in [-0.3, -0.25) is 14.8 Å². The average Bonchev–Trinajstić information content (AvgIpc) is 3.28. The first kappa shape index (κ1) is 24.7. The van der Waals surface area contributed by atoms with Crippen LogP contribution in [0.25, 0.3) is 10.9 Å². The standard InChI is InChI=1S/C26H32FN5O3/c1-2-3-12-28-26(34)35-21-10-11-22-23(18-21)29-30-25(22)32-16-14-31(15-17-32)13-4-5-24(33)19-6-8-20(27)9-7-19/h6-11,18H,2-5,12-17H2,1H3,(H,28,34)(H,29,30). The predicted octanol–water partition coefficient (Wildman–Crippen LogP) is 4.38. The van der Waals surface area contributed by atoms with Crippen LogP contribution < -0.4 is 15.0 Å². The highest BCUT2D eigenvalue weighted by Gasteiger charge is 2.21. The van der Waals surface area contributed by atoms with Crippen LogP contribution in [-0.2, 0) is 0 Å². The van der Waals surface area contributed by atoms with Crippen molar-refractivity contribution in [1.29, 1.82) is 0 Å². The molecule has 2 aromatic carbocycles. The fourth-order valence-corrected chi connectivity index (χ4v) is 4.23. The van der Waals surface area contributed by atoms with Gasteiger partial charge in [-0.2, -0.15) is 5.10 Å². The van der Waals surface area contributed by atoms with E-state index in [1.165, 1.54) is 12.1 Å². The van der Waals surface area contributed by atoms with Gasteiger partial charge in [0.1, 0.15) is 11.6 Å². The van der Waals surface area contributed by atoms with Gasteiger partial charge in [0.2, 0.25) is 0 Å². The lowest BCUT2D eigenvalue weighted by molar-refractivity contribution is 0.0974. The third kappa shape index (κ3) is 6.57. The average molecular weight is 482 g/mol. The summed E-state index contributed by atoms with van der Waals surface area (Å²) in [5, 5.41) is 11.3. The van der Waals surface area contributed by atoms with Gasteiger partial charge in [-0.1, -0.05) is 13.3 Å². The number of rotatable bonds is 10. The largest absolute Gasteiger partial charge is 0.412 e. The van der Waals surface area contributed by atoms with Gasteiger partial charge in [0.25, 0.3) is 0 Å². The van der Waals surface area contributed by atoms with Gasteiger partial charge >= 0.3 is 6.09 Å². The SMILES string of the molecule is CCCCNC(=O)Oc1ccc2c(N3CCN(CCCC(=O)c4ccc(F)cc4)CC3)n[nH]c2c1. The molecule has 0 saturated carbocycles. The Morgan fingerprint density at radius 2 is 1.86 bits per heavy atom. The molecule has 1 amide bonds. The van der Waals surface area contributed by atoms with E-state index in [0.717, 1.165) is 68.7 Å². The molecule has 186 valence electrons. The number of carbonyl (C=O) groups excluding carboxylic acids is 2. The molecule has 2 heterocycles. The van der Waals surface area contributed by atoms with Crippen molar-refractivity contribution in [3.8, 4) is 5.75 Å². The van der Waals surface area contributed by atoms with Crippen molar-refractivity contribution in [2.75, 3.05) is 44.2 Å². The second-order valence-corrected chi connectivity index (χ2v) is 8.79. The maximum atomic E-state index is 13.0. The molecule has 0 atom stereocenters. The molecule has 9 heteroatoms. The number of hydrogen-bond acceptors (Lipinski definition) is 6. The van der Waals surface area contributed by atoms with Gasteiger partial charge in [-0.15, -0.1) is 0 Å². The Labute approximate surface area is 204 Å². The molecule has 0 unspecified atom stereocenters. The van der Waals surface area contributed by atoms with Crippen molar-refractivity contribution in [3.05, 3.63) is 53.8 Å². The van der Waals surface area contributed by atoms with E-state index in [0.29, 0.717) is 24.3 Å². The molecule has 1 aliphatic rings. The number of H-pyrrole nitrogens is 1. The molecule has 0 bridgehead atoms. The number of Topliss-reactive ketones (excluding diaryl/α,β-unsaturated/α-hetero) is 1. The quantitative estimate of drug-likeness (QED) is 0.330.